The van der Waals surface area contributed by atoms with Crippen molar-refractivity contribution in [2.24, 2.45) is 4.99 Å². The normalized spacial score (nSPS) is 15.7. The Hall–Kier alpha value is -3.34. The first-order valence-electron chi connectivity index (χ1n) is 8.82. The number of nitrogens with zero attached hydrogens (tertiary/aromatic N) is 1. The second-order valence-electron chi connectivity index (χ2n) is 6.77. The number of methoxy groups -OCH3 is 1. The predicted octanol–water partition coefficient (Wildman–Crippen LogP) is 0.978. The Balaban J connectivity index is 2.02. The number of aromatic amines is 2. The highest BCUT2D eigenvalue weighted by atomic mass is 16.5. The topological polar surface area (TPSA) is 70.2 Å². The first kappa shape index (κ1) is 17.1. The number of ketones is 1. The summed E-state index contributed by atoms with van der Waals surface area (Å²) < 4.78 is 5.55. The number of benzene rings is 1. The number of fused-ring (bicyclic) bond motifs is 1. The molecular formula is C22H21N3O2. The molecule has 3 heterocycles. The van der Waals surface area contributed by atoms with Crippen molar-refractivity contribution in [1.29, 1.82) is 0 Å². The first-order chi connectivity index (χ1) is 13.0. The highest BCUT2D eigenvalue weighted by Gasteiger charge is 2.18. The van der Waals surface area contributed by atoms with E-state index in [0.29, 0.717) is 17.0 Å². The van der Waals surface area contributed by atoms with Crippen LogP contribution in [0.3, 0.4) is 0 Å². The molecule has 5 nitrogen and oxygen atoms in total. The molecule has 1 aromatic carbocycles. The second-order valence-corrected chi connectivity index (χ2v) is 6.77. The number of H-pyrrole nitrogens is 2. The molecule has 0 saturated carbocycles. The van der Waals surface area contributed by atoms with E-state index in [4.69, 9.17) is 9.73 Å². The zero-order valence-corrected chi connectivity index (χ0v) is 15.8. The van der Waals surface area contributed by atoms with Crippen molar-refractivity contribution < 1.29 is 9.53 Å². The summed E-state index contributed by atoms with van der Waals surface area (Å²) in [4.78, 5) is 23.7. The predicted molar refractivity (Wildman–Crippen MR) is 105 cm³/mol. The lowest BCUT2D eigenvalue weighted by Gasteiger charge is -1.97. The number of hydrogen-bond acceptors (Lipinski definition) is 3. The molecule has 0 bridgehead atoms. The quantitative estimate of drug-likeness (QED) is 0.732. The molecule has 27 heavy (non-hydrogen) atoms. The minimum atomic E-state index is -0.00589. The molecule has 0 spiro atoms. The Morgan fingerprint density at radius 2 is 1.93 bits per heavy atom. The molecule has 1 aliphatic heterocycles. The molecule has 0 saturated heterocycles. The molecule has 1 aliphatic rings. The van der Waals surface area contributed by atoms with Gasteiger partial charge in [-0.1, -0.05) is 18.2 Å². The van der Waals surface area contributed by atoms with Crippen LogP contribution in [0.4, 0.5) is 0 Å². The van der Waals surface area contributed by atoms with E-state index in [9.17, 15) is 4.79 Å². The number of nitrogens with one attached hydrogen (secondary N) is 2. The highest BCUT2D eigenvalue weighted by molar-refractivity contribution is 6.27. The first-order valence-corrected chi connectivity index (χ1v) is 8.82. The molecule has 0 radical (unpaired) electrons. The highest BCUT2D eigenvalue weighted by Crippen LogP contribution is 2.15. The number of aromatic nitrogens is 2. The molecule has 0 aliphatic carbocycles. The molecular weight excluding hydrogens is 338 g/mol. The fraction of sp³-hybridized carbons (Fsp3) is 0.182. The molecule has 0 unspecified atom stereocenters. The summed E-state index contributed by atoms with van der Waals surface area (Å²) in [6.45, 7) is 5.66. The Bertz CT molecular complexity index is 1310. The summed E-state index contributed by atoms with van der Waals surface area (Å²) in [6, 6.07) is 11.7. The number of Topliss-reactive ketones (excluding diaryl/α,β-unsaturated/α-hetero) is 1. The number of ether oxygens (including phenoxy) is 1. The van der Waals surface area contributed by atoms with Gasteiger partial charge in [0.1, 0.15) is 5.75 Å². The van der Waals surface area contributed by atoms with Crippen molar-refractivity contribution in [2.45, 2.75) is 20.8 Å². The maximum Gasteiger partial charge on any atom is 0.162 e. The lowest BCUT2D eigenvalue weighted by Crippen LogP contribution is -2.24. The molecule has 0 atom stereocenters. The van der Waals surface area contributed by atoms with Crippen molar-refractivity contribution in [1.82, 2.24) is 9.97 Å². The third-order valence-electron chi connectivity index (χ3n) is 4.76. The molecule has 0 amide bonds. The van der Waals surface area contributed by atoms with E-state index in [2.05, 4.69) is 23.0 Å². The Morgan fingerprint density at radius 3 is 2.59 bits per heavy atom. The number of carbonyl (C=O) groups is 1. The largest absolute Gasteiger partial charge is 0.494 e. The fourth-order valence-corrected chi connectivity index (χ4v) is 3.54. The van der Waals surface area contributed by atoms with Crippen molar-refractivity contribution in [3.8, 4) is 5.75 Å². The minimum Gasteiger partial charge on any atom is -0.494 e. The standard InChI is InChI=1S/C22H21N3O2/c1-12-9-13(2)23-17(12)10-18-20(27-4)11-19(24-18)22-21(14(3)26)15-7-5-6-8-16(15)25-22/h5-11,23-24H,1-4H3/b18-10?,22-19-. The molecule has 5 heteroatoms. The lowest BCUT2D eigenvalue weighted by atomic mass is 10.1. The van der Waals surface area contributed by atoms with Gasteiger partial charge in [0, 0.05) is 22.7 Å². The van der Waals surface area contributed by atoms with Crippen LogP contribution in [-0.2, 0) is 4.79 Å². The lowest BCUT2D eigenvalue weighted by molar-refractivity contribution is -0.111. The molecule has 2 aromatic heterocycles. The van der Waals surface area contributed by atoms with E-state index in [1.54, 1.807) is 14.0 Å². The zero-order valence-electron chi connectivity index (χ0n) is 15.8. The van der Waals surface area contributed by atoms with Gasteiger partial charge < -0.3 is 14.7 Å². The maximum atomic E-state index is 12.3. The van der Waals surface area contributed by atoms with Crippen LogP contribution in [0.2, 0.25) is 0 Å². The smallest absolute Gasteiger partial charge is 0.162 e. The van der Waals surface area contributed by atoms with Gasteiger partial charge in [-0.3, -0.25) is 4.79 Å². The summed E-state index contributed by atoms with van der Waals surface area (Å²) in [5.74, 6) is 0.701. The van der Waals surface area contributed by atoms with Gasteiger partial charge in [-0.15, -0.1) is 0 Å². The van der Waals surface area contributed by atoms with Crippen LogP contribution in [0.25, 0.3) is 17.3 Å². The van der Waals surface area contributed by atoms with Gasteiger partial charge in [-0.25, -0.2) is 4.99 Å². The molecule has 136 valence electrons. The van der Waals surface area contributed by atoms with Crippen LogP contribution in [0.1, 0.15) is 23.9 Å². The van der Waals surface area contributed by atoms with E-state index < -0.39 is 0 Å². The molecule has 0 fully saturated rings. The van der Waals surface area contributed by atoms with Crippen LogP contribution < -0.4 is 26.0 Å². The Labute approximate surface area is 156 Å². The zero-order chi connectivity index (χ0) is 19.1. The van der Waals surface area contributed by atoms with Gasteiger partial charge in [0.2, 0.25) is 0 Å². The van der Waals surface area contributed by atoms with Gasteiger partial charge in [-0.05, 0) is 44.5 Å². The van der Waals surface area contributed by atoms with Gasteiger partial charge in [0.25, 0.3) is 0 Å². The number of aryl methyl sites for hydroxylation is 2. The SMILES string of the molecule is COc1c/c(=C2/N=c3ccccc3=C2C(C)=O)[nH]c1=Cc1[nH]c(C)cc1C. The van der Waals surface area contributed by atoms with Crippen LogP contribution in [0, 0.1) is 13.8 Å². The third-order valence-corrected chi connectivity index (χ3v) is 4.76. The minimum absolute atomic E-state index is 0.00589. The second kappa shape index (κ2) is 6.43. The van der Waals surface area contributed by atoms with E-state index in [1.165, 1.54) is 0 Å². The van der Waals surface area contributed by atoms with Crippen molar-refractivity contribution in [2.75, 3.05) is 7.11 Å². The molecule has 4 rings (SSSR count). The number of carbonyl (C=O) groups excluding carboxylic acids is 1. The van der Waals surface area contributed by atoms with Crippen LogP contribution >= 0.6 is 0 Å². The molecule has 2 N–H and O–H groups in total. The Morgan fingerprint density at radius 1 is 1.15 bits per heavy atom. The monoisotopic (exact) mass is 359 g/mol. The number of hydrogen-bond donors (Lipinski definition) is 2. The fourth-order valence-electron chi connectivity index (χ4n) is 3.54. The van der Waals surface area contributed by atoms with Crippen molar-refractivity contribution in [3.63, 3.8) is 0 Å². The van der Waals surface area contributed by atoms with Gasteiger partial charge >= 0.3 is 0 Å². The van der Waals surface area contributed by atoms with Crippen molar-refractivity contribution in [3.05, 3.63) is 74.6 Å². The summed E-state index contributed by atoms with van der Waals surface area (Å²) in [6.07, 6.45) is 2.01. The Kier molecular flexibility index (Phi) is 4.07. The third kappa shape index (κ3) is 2.91. The maximum absolute atomic E-state index is 12.3. The van der Waals surface area contributed by atoms with E-state index in [0.717, 1.165) is 38.2 Å². The summed E-state index contributed by atoms with van der Waals surface area (Å²) in [7, 11) is 1.64. The van der Waals surface area contributed by atoms with Crippen LogP contribution in [0.5, 0.6) is 5.75 Å². The van der Waals surface area contributed by atoms with Gasteiger partial charge in [-0.2, -0.15) is 0 Å². The number of rotatable bonds is 3. The van der Waals surface area contributed by atoms with E-state index in [-0.39, 0.29) is 5.78 Å². The average Bonchev–Trinajstić information content (AvgIpc) is 3.29. The van der Waals surface area contributed by atoms with Crippen LogP contribution in [0.15, 0.2) is 41.4 Å². The summed E-state index contributed by atoms with van der Waals surface area (Å²) in [5.41, 5.74) is 4.57. The molecule has 3 aromatic rings. The van der Waals surface area contributed by atoms with Crippen LogP contribution in [-0.4, -0.2) is 22.9 Å². The summed E-state index contributed by atoms with van der Waals surface area (Å²) >= 11 is 0. The van der Waals surface area contributed by atoms with Gasteiger partial charge in [0.15, 0.2) is 5.78 Å². The van der Waals surface area contributed by atoms with Crippen molar-refractivity contribution >= 4 is 23.1 Å². The van der Waals surface area contributed by atoms with E-state index in [1.807, 2.05) is 43.3 Å². The number of para-hydroxylation sites is 1. The summed E-state index contributed by atoms with van der Waals surface area (Å²) in [5, 5.41) is 3.28. The van der Waals surface area contributed by atoms with Gasteiger partial charge in [0.05, 0.1) is 34.4 Å². The van der Waals surface area contributed by atoms with E-state index >= 15 is 0 Å². The average molecular weight is 359 g/mol.